The molecule has 2 aromatic rings. The molecule has 1 heterocycles. The molecule has 0 amide bonds. The van der Waals surface area contributed by atoms with Crippen molar-refractivity contribution in [1.29, 1.82) is 0 Å². The first-order valence-corrected chi connectivity index (χ1v) is 4.29. The Kier molecular flexibility index (Phi) is 1.93. The summed E-state index contributed by atoms with van der Waals surface area (Å²) in [6.45, 7) is 1.72. The average molecular weight is 212 g/mol. The minimum Gasteiger partial charge on any atom is -0.409 e. The first kappa shape index (κ1) is 9.02. The number of H-pyrrole nitrogens is 1. The summed E-state index contributed by atoms with van der Waals surface area (Å²) < 4.78 is 4.86. The van der Waals surface area contributed by atoms with Gasteiger partial charge in [0, 0.05) is 5.02 Å². The second-order valence-electron chi connectivity index (χ2n) is 2.94. The summed E-state index contributed by atoms with van der Waals surface area (Å²) in [6, 6.07) is 3.10. The third-order valence-corrected chi connectivity index (χ3v) is 2.11. The minimum absolute atomic E-state index is 0.281. The fourth-order valence-corrected chi connectivity index (χ4v) is 1.59. The largest absolute Gasteiger partial charge is 0.419 e. The van der Waals surface area contributed by atoms with Gasteiger partial charge in [-0.15, -0.1) is 0 Å². The molecule has 0 saturated heterocycles. The Morgan fingerprint density at radius 2 is 2.07 bits per heavy atom. The van der Waals surface area contributed by atoms with Gasteiger partial charge >= 0.3 is 5.76 Å². The molecule has 0 atom stereocenters. The average Bonchev–Trinajstić information content (AvgIpc) is 2.07. The van der Waals surface area contributed by atoms with E-state index in [1.54, 1.807) is 13.0 Å². The van der Waals surface area contributed by atoms with Gasteiger partial charge in [0.25, 0.3) is 5.56 Å². The Labute approximate surface area is 83.1 Å². The van der Waals surface area contributed by atoms with Crippen LogP contribution in [0.15, 0.2) is 26.1 Å². The number of hydrogen-bond donors (Lipinski definition) is 1. The number of aromatic amines is 1. The standard InChI is InChI=1S/C9H6ClNO3/c1-4-2-5(10)3-6-7(4)14-9(13)11-8(6)12/h2-3H,1H3,(H,11,12,13). The molecule has 1 aromatic heterocycles. The zero-order valence-electron chi connectivity index (χ0n) is 7.26. The number of benzene rings is 1. The first-order chi connectivity index (χ1) is 6.58. The predicted molar refractivity (Wildman–Crippen MR) is 52.9 cm³/mol. The van der Waals surface area contributed by atoms with Gasteiger partial charge in [0.2, 0.25) is 0 Å². The Morgan fingerprint density at radius 1 is 1.36 bits per heavy atom. The normalized spacial score (nSPS) is 10.7. The lowest BCUT2D eigenvalue weighted by Gasteiger charge is -1.99. The molecule has 0 aliphatic carbocycles. The van der Waals surface area contributed by atoms with Crippen molar-refractivity contribution in [2.75, 3.05) is 0 Å². The predicted octanol–water partition coefficient (Wildman–Crippen LogP) is 1.44. The van der Waals surface area contributed by atoms with E-state index < -0.39 is 11.3 Å². The summed E-state index contributed by atoms with van der Waals surface area (Å²) in [5.41, 5.74) is 0.459. The van der Waals surface area contributed by atoms with Crippen LogP contribution >= 0.6 is 11.6 Å². The van der Waals surface area contributed by atoms with Crippen molar-refractivity contribution in [3.05, 3.63) is 43.6 Å². The Hall–Kier alpha value is -1.55. The fraction of sp³-hybridized carbons (Fsp3) is 0.111. The molecule has 72 valence electrons. The molecule has 14 heavy (non-hydrogen) atoms. The number of rotatable bonds is 0. The van der Waals surface area contributed by atoms with Crippen molar-refractivity contribution in [1.82, 2.24) is 4.98 Å². The second kappa shape index (κ2) is 2.99. The van der Waals surface area contributed by atoms with E-state index in [9.17, 15) is 9.59 Å². The smallest absolute Gasteiger partial charge is 0.409 e. The van der Waals surface area contributed by atoms with Crippen LogP contribution in [0.25, 0.3) is 11.0 Å². The van der Waals surface area contributed by atoms with Crippen molar-refractivity contribution in [3.8, 4) is 0 Å². The summed E-state index contributed by atoms with van der Waals surface area (Å²) >= 11 is 5.76. The highest BCUT2D eigenvalue weighted by atomic mass is 35.5. The van der Waals surface area contributed by atoms with Crippen LogP contribution in [-0.2, 0) is 0 Å². The van der Waals surface area contributed by atoms with E-state index in [1.807, 2.05) is 4.98 Å². The van der Waals surface area contributed by atoms with Gasteiger partial charge in [-0.1, -0.05) is 11.6 Å². The van der Waals surface area contributed by atoms with Gasteiger partial charge in [-0.05, 0) is 24.6 Å². The highest BCUT2D eigenvalue weighted by Crippen LogP contribution is 2.19. The lowest BCUT2D eigenvalue weighted by atomic mass is 10.2. The van der Waals surface area contributed by atoms with Gasteiger partial charge in [0.1, 0.15) is 5.58 Å². The van der Waals surface area contributed by atoms with Crippen LogP contribution < -0.4 is 11.3 Å². The zero-order chi connectivity index (χ0) is 10.3. The molecular weight excluding hydrogens is 206 g/mol. The second-order valence-corrected chi connectivity index (χ2v) is 3.38. The molecule has 5 heteroatoms. The summed E-state index contributed by atoms with van der Waals surface area (Å²) in [5.74, 6) is -0.757. The Morgan fingerprint density at radius 3 is 2.79 bits per heavy atom. The van der Waals surface area contributed by atoms with Crippen LogP contribution in [-0.4, -0.2) is 4.98 Å². The maximum absolute atomic E-state index is 11.3. The third-order valence-electron chi connectivity index (χ3n) is 1.89. The van der Waals surface area contributed by atoms with Crippen LogP contribution in [0.4, 0.5) is 0 Å². The molecule has 0 aliphatic rings. The SMILES string of the molecule is Cc1cc(Cl)cc2c(=O)[nH]c(=O)oc12. The van der Waals surface area contributed by atoms with E-state index in [4.69, 9.17) is 16.0 Å². The van der Waals surface area contributed by atoms with Crippen LogP contribution in [0.5, 0.6) is 0 Å². The number of fused-ring (bicyclic) bond motifs is 1. The number of halogens is 1. The molecule has 1 aromatic carbocycles. The quantitative estimate of drug-likeness (QED) is 0.717. The van der Waals surface area contributed by atoms with E-state index in [2.05, 4.69) is 0 Å². The first-order valence-electron chi connectivity index (χ1n) is 3.91. The fourth-order valence-electron chi connectivity index (χ4n) is 1.31. The maximum Gasteiger partial charge on any atom is 0.419 e. The van der Waals surface area contributed by atoms with Crippen LogP contribution in [0.2, 0.25) is 5.02 Å². The zero-order valence-corrected chi connectivity index (χ0v) is 8.01. The molecule has 0 bridgehead atoms. The number of aromatic nitrogens is 1. The lowest BCUT2D eigenvalue weighted by Crippen LogP contribution is -2.18. The summed E-state index contributed by atoms with van der Waals surface area (Å²) in [5, 5.41) is 0.726. The molecular formula is C9H6ClNO3. The number of nitrogens with one attached hydrogen (secondary N) is 1. The molecule has 0 radical (unpaired) electrons. The molecule has 1 N–H and O–H groups in total. The van der Waals surface area contributed by atoms with Crippen molar-refractivity contribution in [2.45, 2.75) is 6.92 Å². The maximum atomic E-state index is 11.3. The van der Waals surface area contributed by atoms with Crippen molar-refractivity contribution < 1.29 is 4.42 Å². The highest BCUT2D eigenvalue weighted by molar-refractivity contribution is 6.31. The minimum atomic E-state index is -0.757. The van der Waals surface area contributed by atoms with Crippen LogP contribution in [0.1, 0.15) is 5.56 Å². The molecule has 0 spiro atoms. The van der Waals surface area contributed by atoms with Gasteiger partial charge in [-0.25, -0.2) is 4.79 Å². The summed E-state index contributed by atoms with van der Waals surface area (Å²) in [6.07, 6.45) is 0. The number of hydrogen-bond acceptors (Lipinski definition) is 3. The Bertz CT molecular complexity index is 611. The van der Waals surface area contributed by atoms with Crippen molar-refractivity contribution in [2.24, 2.45) is 0 Å². The van der Waals surface area contributed by atoms with E-state index in [-0.39, 0.29) is 11.0 Å². The molecule has 0 aliphatic heterocycles. The van der Waals surface area contributed by atoms with Gasteiger partial charge in [0.15, 0.2) is 0 Å². The van der Waals surface area contributed by atoms with Gasteiger partial charge < -0.3 is 4.42 Å². The van der Waals surface area contributed by atoms with Crippen molar-refractivity contribution >= 4 is 22.6 Å². The van der Waals surface area contributed by atoms with E-state index in [1.165, 1.54) is 6.07 Å². The van der Waals surface area contributed by atoms with E-state index >= 15 is 0 Å². The highest BCUT2D eigenvalue weighted by Gasteiger charge is 2.06. The third kappa shape index (κ3) is 1.33. The monoisotopic (exact) mass is 211 g/mol. The van der Waals surface area contributed by atoms with Crippen molar-refractivity contribution in [3.63, 3.8) is 0 Å². The number of aryl methyl sites for hydroxylation is 1. The topological polar surface area (TPSA) is 63.1 Å². The molecule has 4 nitrogen and oxygen atoms in total. The molecule has 0 unspecified atom stereocenters. The lowest BCUT2D eigenvalue weighted by molar-refractivity contribution is 0.526. The summed E-state index contributed by atoms with van der Waals surface area (Å²) in [4.78, 5) is 24.2. The molecule has 2 rings (SSSR count). The Balaban J connectivity index is 3.10. The van der Waals surface area contributed by atoms with Gasteiger partial charge in [0.05, 0.1) is 5.39 Å². The van der Waals surface area contributed by atoms with Crippen LogP contribution in [0.3, 0.4) is 0 Å². The van der Waals surface area contributed by atoms with Gasteiger partial charge in [-0.3, -0.25) is 9.78 Å². The molecule has 0 saturated carbocycles. The van der Waals surface area contributed by atoms with Crippen LogP contribution in [0, 0.1) is 6.92 Å². The molecule has 0 fully saturated rings. The van der Waals surface area contributed by atoms with E-state index in [0.29, 0.717) is 10.6 Å². The summed E-state index contributed by atoms with van der Waals surface area (Å²) in [7, 11) is 0. The van der Waals surface area contributed by atoms with E-state index in [0.717, 1.165) is 0 Å². The van der Waals surface area contributed by atoms with Gasteiger partial charge in [-0.2, -0.15) is 0 Å².